The molecule has 0 atom stereocenters. The number of benzene rings is 2. The first-order chi connectivity index (χ1) is 12.2. The number of hydrogen-bond acceptors (Lipinski definition) is 4. The lowest BCUT2D eigenvalue weighted by Crippen LogP contribution is -2.31. The SMILES string of the molecule is Cc1ccc(C)c(NC(=O)c2ccc(S(=O)(=O)NCCN(C)C)cc2)c1. The molecule has 0 aromatic heterocycles. The van der Waals surface area contributed by atoms with Crippen molar-refractivity contribution in [2.45, 2.75) is 18.7 Å². The highest BCUT2D eigenvalue weighted by atomic mass is 32.2. The number of sulfonamides is 1. The van der Waals surface area contributed by atoms with E-state index in [1.807, 2.05) is 51.0 Å². The molecule has 0 saturated carbocycles. The summed E-state index contributed by atoms with van der Waals surface area (Å²) < 4.78 is 27.0. The van der Waals surface area contributed by atoms with E-state index in [4.69, 9.17) is 0 Å². The number of nitrogens with zero attached hydrogens (tertiary/aromatic N) is 1. The molecule has 2 N–H and O–H groups in total. The molecule has 0 saturated heterocycles. The molecular weight excluding hydrogens is 350 g/mol. The van der Waals surface area contributed by atoms with E-state index in [-0.39, 0.29) is 10.8 Å². The third-order valence-corrected chi connectivity index (χ3v) is 5.40. The Morgan fingerprint density at radius 1 is 1.04 bits per heavy atom. The van der Waals surface area contributed by atoms with Crippen molar-refractivity contribution in [3.05, 3.63) is 59.2 Å². The summed E-state index contributed by atoms with van der Waals surface area (Å²) in [6.07, 6.45) is 0. The van der Waals surface area contributed by atoms with Gasteiger partial charge in [-0.05, 0) is 69.4 Å². The van der Waals surface area contributed by atoms with Crippen molar-refractivity contribution in [2.24, 2.45) is 0 Å². The molecule has 0 aliphatic rings. The van der Waals surface area contributed by atoms with Crippen LogP contribution in [0.15, 0.2) is 47.4 Å². The molecule has 0 bridgehead atoms. The van der Waals surface area contributed by atoms with Gasteiger partial charge in [-0.3, -0.25) is 4.79 Å². The average molecular weight is 375 g/mol. The number of hydrogen-bond donors (Lipinski definition) is 2. The molecule has 0 fully saturated rings. The zero-order valence-electron chi connectivity index (χ0n) is 15.5. The Hall–Kier alpha value is -2.22. The van der Waals surface area contributed by atoms with Crippen molar-refractivity contribution in [1.82, 2.24) is 9.62 Å². The number of carbonyl (C=O) groups excluding carboxylic acids is 1. The molecule has 0 heterocycles. The fourth-order valence-corrected chi connectivity index (χ4v) is 3.36. The fraction of sp³-hybridized carbons (Fsp3) is 0.316. The molecule has 140 valence electrons. The fourth-order valence-electron chi connectivity index (χ4n) is 2.34. The maximum Gasteiger partial charge on any atom is 0.255 e. The zero-order valence-corrected chi connectivity index (χ0v) is 16.4. The molecule has 0 spiro atoms. The maximum atomic E-state index is 12.4. The van der Waals surface area contributed by atoms with Crippen LogP contribution in [0.4, 0.5) is 5.69 Å². The van der Waals surface area contributed by atoms with Gasteiger partial charge in [-0.15, -0.1) is 0 Å². The molecule has 26 heavy (non-hydrogen) atoms. The minimum Gasteiger partial charge on any atom is -0.322 e. The van der Waals surface area contributed by atoms with Gasteiger partial charge in [-0.1, -0.05) is 12.1 Å². The summed E-state index contributed by atoms with van der Waals surface area (Å²) in [7, 11) is 0.167. The number of nitrogens with one attached hydrogen (secondary N) is 2. The summed E-state index contributed by atoms with van der Waals surface area (Å²) in [4.78, 5) is 14.4. The minimum atomic E-state index is -3.58. The van der Waals surface area contributed by atoms with Crippen LogP contribution in [0.1, 0.15) is 21.5 Å². The Balaban J connectivity index is 2.08. The van der Waals surface area contributed by atoms with Crippen molar-refractivity contribution in [2.75, 3.05) is 32.5 Å². The summed E-state index contributed by atoms with van der Waals surface area (Å²) >= 11 is 0. The van der Waals surface area contributed by atoms with Crippen LogP contribution in [-0.2, 0) is 10.0 Å². The Kier molecular flexibility index (Phi) is 6.52. The van der Waals surface area contributed by atoms with Crippen LogP contribution in [0.25, 0.3) is 0 Å². The van der Waals surface area contributed by atoms with Gasteiger partial charge in [0.15, 0.2) is 0 Å². The van der Waals surface area contributed by atoms with Crippen LogP contribution < -0.4 is 10.0 Å². The Morgan fingerprint density at radius 3 is 2.31 bits per heavy atom. The van der Waals surface area contributed by atoms with E-state index in [0.717, 1.165) is 16.8 Å². The van der Waals surface area contributed by atoms with Gasteiger partial charge in [-0.25, -0.2) is 13.1 Å². The number of rotatable bonds is 7. The summed E-state index contributed by atoms with van der Waals surface area (Å²) in [5, 5.41) is 2.86. The van der Waals surface area contributed by atoms with E-state index in [0.29, 0.717) is 18.7 Å². The molecule has 1 amide bonds. The second-order valence-electron chi connectivity index (χ2n) is 6.50. The van der Waals surface area contributed by atoms with Gasteiger partial charge in [-0.2, -0.15) is 0 Å². The van der Waals surface area contributed by atoms with Gasteiger partial charge in [0, 0.05) is 24.3 Å². The minimum absolute atomic E-state index is 0.138. The predicted molar refractivity (Wildman–Crippen MR) is 104 cm³/mol. The van der Waals surface area contributed by atoms with Gasteiger partial charge in [0.2, 0.25) is 10.0 Å². The van der Waals surface area contributed by atoms with Crippen LogP contribution in [0.2, 0.25) is 0 Å². The first-order valence-electron chi connectivity index (χ1n) is 8.32. The molecule has 2 rings (SSSR count). The van der Waals surface area contributed by atoms with Gasteiger partial charge >= 0.3 is 0 Å². The van der Waals surface area contributed by atoms with E-state index in [2.05, 4.69) is 10.0 Å². The lowest BCUT2D eigenvalue weighted by molar-refractivity contribution is 0.102. The standard InChI is InChI=1S/C19H25N3O3S/c1-14-5-6-15(2)18(13-14)21-19(23)16-7-9-17(10-8-16)26(24,25)20-11-12-22(3)4/h5-10,13,20H,11-12H2,1-4H3,(H,21,23). The lowest BCUT2D eigenvalue weighted by atomic mass is 10.1. The summed E-state index contributed by atoms with van der Waals surface area (Å²) in [6.45, 7) is 4.81. The van der Waals surface area contributed by atoms with E-state index < -0.39 is 10.0 Å². The van der Waals surface area contributed by atoms with Crippen molar-refractivity contribution < 1.29 is 13.2 Å². The van der Waals surface area contributed by atoms with E-state index >= 15 is 0 Å². The highest BCUT2D eigenvalue weighted by Crippen LogP contribution is 2.18. The van der Waals surface area contributed by atoms with E-state index in [9.17, 15) is 13.2 Å². The van der Waals surface area contributed by atoms with Crippen LogP contribution in [0, 0.1) is 13.8 Å². The van der Waals surface area contributed by atoms with Gasteiger partial charge in [0.05, 0.1) is 4.90 Å². The molecule has 2 aromatic rings. The van der Waals surface area contributed by atoms with Crippen molar-refractivity contribution in [3.63, 3.8) is 0 Å². The summed E-state index contributed by atoms with van der Waals surface area (Å²) in [5.74, 6) is -0.275. The van der Waals surface area contributed by atoms with Crippen LogP contribution in [0.3, 0.4) is 0 Å². The van der Waals surface area contributed by atoms with E-state index in [1.54, 1.807) is 0 Å². The quantitative estimate of drug-likeness (QED) is 0.779. The van der Waals surface area contributed by atoms with Gasteiger partial charge in [0.25, 0.3) is 5.91 Å². The third-order valence-electron chi connectivity index (χ3n) is 3.92. The van der Waals surface area contributed by atoms with Crippen LogP contribution in [-0.4, -0.2) is 46.4 Å². The predicted octanol–water partition coefficient (Wildman–Crippen LogP) is 2.40. The smallest absolute Gasteiger partial charge is 0.255 e. The normalized spacial score (nSPS) is 11.6. The second-order valence-corrected chi connectivity index (χ2v) is 8.26. The van der Waals surface area contributed by atoms with Gasteiger partial charge < -0.3 is 10.2 Å². The lowest BCUT2D eigenvalue weighted by Gasteiger charge is -2.12. The molecule has 0 aliphatic carbocycles. The number of anilines is 1. The molecular formula is C19H25N3O3S. The van der Waals surface area contributed by atoms with E-state index in [1.165, 1.54) is 24.3 Å². The molecule has 2 aromatic carbocycles. The van der Waals surface area contributed by atoms with Crippen molar-refractivity contribution >= 4 is 21.6 Å². The molecule has 0 unspecified atom stereocenters. The van der Waals surface area contributed by atoms with Crippen LogP contribution >= 0.6 is 0 Å². The second kappa shape index (κ2) is 8.44. The molecule has 0 radical (unpaired) electrons. The molecule has 7 heteroatoms. The largest absolute Gasteiger partial charge is 0.322 e. The average Bonchev–Trinajstić information content (AvgIpc) is 2.57. The van der Waals surface area contributed by atoms with Crippen molar-refractivity contribution in [3.8, 4) is 0 Å². The summed E-state index contributed by atoms with van der Waals surface area (Å²) in [6, 6.07) is 11.7. The topological polar surface area (TPSA) is 78.5 Å². The van der Waals surface area contributed by atoms with Gasteiger partial charge in [0.1, 0.15) is 0 Å². The number of amides is 1. The zero-order chi connectivity index (χ0) is 19.3. The number of likely N-dealkylation sites (N-methyl/N-ethyl adjacent to an activating group) is 1. The highest BCUT2D eigenvalue weighted by molar-refractivity contribution is 7.89. The van der Waals surface area contributed by atoms with Crippen LogP contribution in [0.5, 0.6) is 0 Å². The summed E-state index contributed by atoms with van der Waals surface area (Å²) in [5.41, 5.74) is 3.17. The Morgan fingerprint density at radius 2 is 1.69 bits per heavy atom. The maximum absolute atomic E-state index is 12.4. The first kappa shape index (κ1) is 20.1. The molecule has 6 nitrogen and oxygen atoms in total. The van der Waals surface area contributed by atoms with Crippen molar-refractivity contribution in [1.29, 1.82) is 0 Å². The highest BCUT2D eigenvalue weighted by Gasteiger charge is 2.15. The monoisotopic (exact) mass is 375 g/mol. The Labute approximate surface area is 155 Å². The number of aryl methyl sites for hydroxylation is 2. The molecule has 0 aliphatic heterocycles. The third kappa shape index (κ3) is 5.39. The Bertz CT molecular complexity index is 875. The number of carbonyl (C=O) groups is 1. The first-order valence-corrected chi connectivity index (χ1v) is 9.80.